The Hall–Kier alpha value is -1.29. The van der Waals surface area contributed by atoms with Gasteiger partial charge in [-0.15, -0.1) is 0 Å². The molecule has 20 heavy (non-hydrogen) atoms. The topological polar surface area (TPSA) is 37.4 Å². The molecule has 2 atom stereocenters. The summed E-state index contributed by atoms with van der Waals surface area (Å²) < 4.78 is 0. The molecule has 0 radical (unpaired) electrons. The zero-order valence-corrected chi connectivity index (χ0v) is 12.9. The molecule has 0 aliphatic carbocycles. The van der Waals surface area contributed by atoms with Gasteiger partial charge in [0.05, 0.1) is 6.04 Å². The van der Waals surface area contributed by atoms with Gasteiger partial charge in [-0.3, -0.25) is 9.59 Å². The van der Waals surface area contributed by atoms with Gasteiger partial charge in [-0.1, -0.05) is 37.3 Å². The quantitative estimate of drug-likeness (QED) is 0.837. The lowest BCUT2D eigenvalue weighted by Gasteiger charge is -2.21. The van der Waals surface area contributed by atoms with Crippen molar-refractivity contribution in [2.75, 3.05) is 6.54 Å². The van der Waals surface area contributed by atoms with Crippen LogP contribution in [0.1, 0.15) is 32.3 Å². The molecule has 1 aromatic rings. The summed E-state index contributed by atoms with van der Waals surface area (Å²) in [6.07, 6.45) is 1.26. The summed E-state index contributed by atoms with van der Waals surface area (Å²) in [6, 6.07) is 10.1. The second-order valence-electron chi connectivity index (χ2n) is 5.18. The number of amides is 1. The molecule has 0 spiro atoms. The lowest BCUT2D eigenvalue weighted by atomic mass is 10.1. The molecule has 0 unspecified atom stereocenters. The van der Waals surface area contributed by atoms with Crippen LogP contribution in [0.4, 0.5) is 0 Å². The van der Waals surface area contributed by atoms with E-state index in [0.717, 1.165) is 12.2 Å². The molecule has 1 fully saturated rings. The highest BCUT2D eigenvalue weighted by Crippen LogP contribution is 2.30. The normalized spacial score (nSPS) is 22.0. The van der Waals surface area contributed by atoms with Crippen molar-refractivity contribution in [1.29, 1.82) is 0 Å². The van der Waals surface area contributed by atoms with Gasteiger partial charge < -0.3 is 4.90 Å². The van der Waals surface area contributed by atoms with Crippen molar-refractivity contribution in [3.63, 3.8) is 0 Å². The molecule has 0 N–H and O–H groups in total. The first-order valence-corrected chi connectivity index (χ1v) is 8.12. The van der Waals surface area contributed by atoms with Crippen LogP contribution in [0, 0.1) is 0 Å². The van der Waals surface area contributed by atoms with Crippen LogP contribution in [-0.4, -0.2) is 34.4 Å². The van der Waals surface area contributed by atoms with Crippen molar-refractivity contribution in [1.82, 2.24) is 4.90 Å². The third-order valence-electron chi connectivity index (χ3n) is 3.68. The SMILES string of the molecule is CCC(=O)N1C[C@H](SCc2ccccc2)C[C@H]1C(C)=O. The Balaban J connectivity index is 1.94. The van der Waals surface area contributed by atoms with Gasteiger partial charge in [0.15, 0.2) is 5.78 Å². The lowest BCUT2D eigenvalue weighted by Crippen LogP contribution is -2.39. The van der Waals surface area contributed by atoms with E-state index in [4.69, 9.17) is 0 Å². The van der Waals surface area contributed by atoms with Crippen LogP contribution in [0.25, 0.3) is 0 Å². The highest BCUT2D eigenvalue weighted by molar-refractivity contribution is 7.99. The van der Waals surface area contributed by atoms with Crippen LogP contribution >= 0.6 is 11.8 Å². The summed E-state index contributed by atoms with van der Waals surface area (Å²) in [5.41, 5.74) is 1.29. The van der Waals surface area contributed by atoms with Crippen LogP contribution in [0.5, 0.6) is 0 Å². The van der Waals surface area contributed by atoms with Crippen LogP contribution in [0.2, 0.25) is 0 Å². The Kier molecular flexibility index (Phi) is 5.24. The highest BCUT2D eigenvalue weighted by atomic mass is 32.2. The number of hydrogen-bond acceptors (Lipinski definition) is 3. The van der Waals surface area contributed by atoms with Crippen molar-refractivity contribution >= 4 is 23.5 Å². The molecule has 1 saturated heterocycles. The fourth-order valence-corrected chi connectivity index (χ4v) is 3.78. The number of benzene rings is 1. The van der Waals surface area contributed by atoms with Gasteiger partial charge in [-0.2, -0.15) is 11.8 Å². The number of carbonyl (C=O) groups excluding carboxylic acids is 2. The Labute approximate surface area is 124 Å². The van der Waals surface area contributed by atoms with E-state index in [9.17, 15) is 9.59 Å². The predicted molar refractivity (Wildman–Crippen MR) is 82.6 cm³/mol. The van der Waals surface area contributed by atoms with Gasteiger partial charge in [-0.25, -0.2) is 0 Å². The molecule has 4 heteroatoms. The number of hydrogen-bond donors (Lipinski definition) is 0. The maximum Gasteiger partial charge on any atom is 0.222 e. The second-order valence-corrected chi connectivity index (χ2v) is 6.47. The second kappa shape index (κ2) is 6.93. The predicted octanol–water partition coefficient (Wildman–Crippen LogP) is 2.89. The van der Waals surface area contributed by atoms with Gasteiger partial charge in [0.2, 0.25) is 5.91 Å². The Morgan fingerprint density at radius 1 is 1.30 bits per heavy atom. The Morgan fingerprint density at radius 2 is 2.00 bits per heavy atom. The fourth-order valence-electron chi connectivity index (χ4n) is 2.57. The minimum absolute atomic E-state index is 0.0908. The number of thioether (sulfide) groups is 1. The van der Waals surface area contributed by atoms with Crippen LogP contribution < -0.4 is 0 Å². The van der Waals surface area contributed by atoms with Gasteiger partial charge in [0.25, 0.3) is 0 Å². The van der Waals surface area contributed by atoms with E-state index < -0.39 is 0 Å². The Morgan fingerprint density at radius 3 is 2.60 bits per heavy atom. The summed E-state index contributed by atoms with van der Waals surface area (Å²) in [7, 11) is 0. The van der Waals surface area contributed by atoms with Crippen molar-refractivity contribution in [3.8, 4) is 0 Å². The molecule has 1 aromatic carbocycles. The monoisotopic (exact) mass is 291 g/mol. The molecule has 0 saturated carbocycles. The maximum absolute atomic E-state index is 11.9. The van der Waals surface area contributed by atoms with Crippen LogP contribution in [-0.2, 0) is 15.3 Å². The number of likely N-dealkylation sites (tertiary alicyclic amines) is 1. The van der Waals surface area contributed by atoms with E-state index in [-0.39, 0.29) is 17.7 Å². The number of Topliss-reactive ketones (excluding diaryl/α,β-unsaturated/α-hetero) is 1. The highest BCUT2D eigenvalue weighted by Gasteiger charge is 2.37. The zero-order valence-electron chi connectivity index (χ0n) is 12.0. The first kappa shape index (κ1) is 15.1. The lowest BCUT2D eigenvalue weighted by molar-refractivity contribution is -0.136. The first-order valence-electron chi connectivity index (χ1n) is 7.07. The van der Waals surface area contributed by atoms with E-state index in [1.807, 2.05) is 36.9 Å². The summed E-state index contributed by atoms with van der Waals surface area (Å²) in [4.78, 5) is 25.4. The minimum Gasteiger partial charge on any atom is -0.332 e. The molecular weight excluding hydrogens is 270 g/mol. The fraction of sp³-hybridized carbons (Fsp3) is 0.500. The third kappa shape index (κ3) is 3.63. The van der Waals surface area contributed by atoms with E-state index in [1.165, 1.54) is 5.56 Å². The maximum atomic E-state index is 11.9. The minimum atomic E-state index is -0.212. The average molecular weight is 291 g/mol. The molecule has 1 heterocycles. The summed E-state index contributed by atoms with van der Waals surface area (Å²) in [5.74, 6) is 1.13. The standard InChI is InChI=1S/C16H21NO2S/c1-3-16(19)17-10-14(9-15(17)12(2)18)20-11-13-7-5-4-6-8-13/h4-8,14-15H,3,9-11H2,1-2H3/t14-,15+/m1/s1. The van der Waals surface area contributed by atoms with Gasteiger partial charge in [0.1, 0.15) is 0 Å². The first-order chi connectivity index (χ1) is 9.61. The molecular formula is C16H21NO2S. The van der Waals surface area contributed by atoms with Crippen molar-refractivity contribution in [2.24, 2.45) is 0 Å². The molecule has 1 aliphatic heterocycles. The van der Waals surface area contributed by atoms with E-state index in [0.29, 0.717) is 18.2 Å². The summed E-state index contributed by atoms with van der Waals surface area (Å²) in [5, 5.41) is 0.361. The summed E-state index contributed by atoms with van der Waals surface area (Å²) >= 11 is 1.84. The third-order valence-corrected chi connectivity index (χ3v) is 5.00. The van der Waals surface area contributed by atoms with Crippen molar-refractivity contribution in [3.05, 3.63) is 35.9 Å². The molecule has 1 amide bonds. The van der Waals surface area contributed by atoms with E-state index >= 15 is 0 Å². The van der Waals surface area contributed by atoms with Gasteiger partial charge in [0, 0.05) is 24.0 Å². The molecule has 0 bridgehead atoms. The number of rotatable bonds is 5. The van der Waals surface area contributed by atoms with Crippen LogP contribution in [0.15, 0.2) is 30.3 Å². The van der Waals surface area contributed by atoms with E-state index in [2.05, 4.69) is 12.1 Å². The van der Waals surface area contributed by atoms with Gasteiger partial charge in [-0.05, 0) is 18.9 Å². The molecule has 1 aliphatic rings. The largest absolute Gasteiger partial charge is 0.332 e. The van der Waals surface area contributed by atoms with Crippen molar-refractivity contribution in [2.45, 2.75) is 43.7 Å². The van der Waals surface area contributed by atoms with Crippen molar-refractivity contribution < 1.29 is 9.59 Å². The smallest absolute Gasteiger partial charge is 0.222 e. The zero-order chi connectivity index (χ0) is 14.5. The van der Waals surface area contributed by atoms with E-state index in [1.54, 1.807) is 11.8 Å². The number of nitrogens with zero attached hydrogens (tertiary/aromatic N) is 1. The molecule has 2 rings (SSSR count). The van der Waals surface area contributed by atoms with Gasteiger partial charge >= 0.3 is 0 Å². The molecule has 108 valence electrons. The average Bonchev–Trinajstić information content (AvgIpc) is 2.90. The molecule has 3 nitrogen and oxygen atoms in total. The van der Waals surface area contributed by atoms with Crippen LogP contribution in [0.3, 0.4) is 0 Å². The molecule has 0 aromatic heterocycles. The summed E-state index contributed by atoms with van der Waals surface area (Å²) in [6.45, 7) is 4.14. The number of ketones is 1. The number of carbonyl (C=O) groups is 2. The Bertz CT molecular complexity index is 475.